The van der Waals surface area contributed by atoms with Crippen molar-refractivity contribution in [2.24, 2.45) is 0 Å². The maximum Gasteiger partial charge on any atom is 0.243 e. The highest BCUT2D eigenvalue weighted by atomic mass is 16.5. The van der Waals surface area contributed by atoms with Gasteiger partial charge in [-0.15, -0.1) is 0 Å². The predicted molar refractivity (Wildman–Crippen MR) is 60.3 cm³/mol. The summed E-state index contributed by atoms with van der Waals surface area (Å²) < 4.78 is 10.8. The molecule has 0 spiro atoms. The SMILES string of the molecule is CCOC(C)(C)c1noc([C@H]2C[C@H](O)CN2)n1. The average Bonchev–Trinajstić information content (AvgIpc) is 2.85. The fourth-order valence-corrected chi connectivity index (χ4v) is 1.95. The standard InChI is InChI=1S/C11H19N3O3/c1-4-16-11(2,3)10-13-9(17-14-10)8-5-7(15)6-12-8/h7-8,12,15H,4-6H2,1-3H3/t7-,8+/m0/s1. The average molecular weight is 241 g/mol. The summed E-state index contributed by atoms with van der Waals surface area (Å²) in [6.45, 7) is 6.90. The quantitative estimate of drug-likeness (QED) is 0.809. The fraction of sp³-hybridized carbons (Fsp3) is 0.818. The molecule has 1 aromatic rings. The second-order valence-electron chi connectivity index (χ2n) is 4.75. The first-order chi connectivity index (χ1) is 8.03. The van der Waals surface area contributed by atoms with E-state index in [-0.39, 0.29) is 12.1 Å². The Labute approximate surface area is 100 Å². The minimum absolute atomic E-state index is 0.0522. The molecule has 0 radical (unpaired) electrons. The van der Waals surface area contributed by atoms with Crippen molar-refractivity contribution in [3.05, 3.63) is 11.7 Å². The van der Waals surface area contributed by atoms with Crippen molar-refractivity contribution in [3.63, 3.8) is 0 Å². The van der Waals surface area contributed by atoms with E-state index in [4.69, 9.17) is 9.26 Å². The minimum atomic E-state index is -0.548. The molecule has 2 N–H and O–H groups in total. The van der Waals surface area contributed by atoms with E-state index in [9.17, 15) is 5.11 Å². The van der Waals surface area contributed by atoms with Gasteiger partial charge in [0.25, 0.3) is 0 Å². The molecule has 6 nitrogen and oxygen atoms in total. The highest BCUT2D eigenvalue weighted by Gasteiger charge is 2.32. The van der Waals surface area contributed by atoms with Gasteiger partial charge in [-0.2, -0.15) is 4.98 Å². The van der Waals surface area contributed by atoms with Crippen LogP contribution in [0.4, 0.5) is 0 Å². The molecule has 1 fully saturated rings. The van der Waals surface area contributed by atoms with Crippen molar-refractivity contribution in [1.29, 1.82) is 0 Å². The number of β-amino-alcohol motifs (C(OH)–C–C–N with tert-alkyl or cyclic N) is 1. The van der Waals surface area contributed by atoms with Gasteiger partial charge in [-0.05, 0) is 27.2 Å². The van der Waals surface area contributed by atoms with Gasteiger partial charge in [-0.3, -0.25) is 0 Å². The van der Waals surface area contributed by atoms with Crippen LogP contribution in [-0.2, 0) is 10.3 Å². The molecule has 0 aromatic carbocycles. The first-order valence-corrected chi connectivity index (χ1v) is 5.92. The smallest absolute Gasteiger partial charge is 0.243 e. The van der Waals surface area contributed by atoms with E-state index < -0.39 is 5.60 Å². The van der Waals surface area contributed by atoms with Crippen LogP contribution in [0.2, 0.25) is 0 Å². The summed E-state index contributed by atoms with van der Waals surface area (Å²) in [6, 6.07) is -0.0522. The van der Waals surface area contributed by atoms with E-state index in [1.54, 1.807) is 0 Å². The molecule has 1 saturated heterocycles. The number of nitrogens with one attached hydrogen (secondary N) is 1. The third-order valence-electron chi connectivity index (χ3n) is 2.89. The summed E-state index contributed by atoms with van der Waals surface area (Å²) in [4.78, 5) is 4.34. The third kappa shape index (κ3) is 2.65. The second kappa shape index (κ2) is 4.72. The molecule has 6 heteroatoms. The summed E-state index contributed by atoms with van der Waals surface area (Å²) >= 11 is 0. The largest absolute Gasteiger partial charge is 0.392 e. The molecule has 96 valence electrons. The molecule has 0 bridgehead atoms. The Kier molecular flexibility index (Phi) is 3.46. The number of hydrogen-bond donors (Lipinski definition) is 2. The fourth-order valence-electron chi connectivity index (χ4n) is 1.95. The van der Waals surface area contributed by atoms with E-state index in [2.05, 4.69) is 15.5 Å². The van der Waals surface area contributed by atoms with E-state index in [0.29, 0.717) is 31.3 Å². The molecule has 2 heterocycles. The number of nitrogens with zero attached hydrogens (tertiary/aromatic N) is 2. The van der Waals surface area contributed by atoms with Crippen LogP contribution in [0, 0.1) is 0 Å². The van der Waals surface area contributed by atoms with Gasteiger partial charge < -0.3 is 19.7 Å². The Morgan fingerprint density at radius 2 is 2.35 bits per heavy atom. The number of aliphatic hydroxyl groups excluding tert-OH is 1. The van der Waals surface area contributed by atoms with Gasteiger partial charge in [-0.25, -0.2) is 0 Å². The lowest BCUT2D eigenvalue weighted by Crippen LogP contribution is -2.23. The molecular formula is C11H19N3O3. The molecule has 0 saturated carbocycles. The van der Waals surface area contributed by atoms with Crippen LogP contribution < -0.4 is 5.32 Å². The van der Waals surface area contributed by atoms with E-state index in [1.807, 2.05) is 20.8 Å². The van der Waals surface area contributed by atoms with Crippen molar-refractivity contribution < 1.29 is 14.4 Å². The van der Waals surface area contributed by atoms with Crippen LogP contribution in [0.1, 0.15) is 44.9 Å². The molecule has 1 aliphatic heterocycles. The Bertz CT molecular complexity index is 378. The molecule has 0 amide bonds. The zero-order valence-corrected chi connectivity index (χ0v) is 10.4. The maximum absolute atomic E-state index is 9.43. The first-order valence-electron chi connectivity index (χ1n) is 5.92. The number of aliphatic hydroxyl groups is 1. The van der Waals surface area contributed by atoms with E-state index in [0.717, 1.165) is 0 Å². The van der Waals surface area contributed by atoms with Gasteiger partial charge in [0.1, 0.15) is 5.60 Å². The Morgan fingerprint density at radius 1 is 1.59 bits per heavy atom. The van der Waals surface area contributed by atoms with Crippen LogP contribution in [-0.4, -0.2) is 34.5 Å². The highest BCUT2D eigenvalue weighted by Crippen LogP contribution is 2.26. The van der Waals surface area contributed by atoms with Crippen LogP contribution in [0.15, 0.2) is 4.52 Å². The van der Waals surface area contributed by atoms with E-state index in [1.165, 1.54) is 0 Å². The Hall–Kier alpha value is -0.980. The van der Waals surface area contributed by atoms with Crippen LogP contribution in [0.25, 0.3) is 0 Å². The van der Waals surface area contributed by atoms with Crippen molar-refractivity contribution in [1.82, 2.24) is 15.5 Å². The predicted octanol–water partition coefficient (Wildman–Crippen LogP) is 0.736. The van der Waals surface area contributed by atoms with Crippen molar-refractivity contribution in [2.75, 3.05) is 13.2 Å². The summed E-state index contributed by atoms with van der Waals surface area (Å²) in [5.41, 5.74) is -0.548. The molecule has 0 aliphatic carbocycles. The summed E-state index contributed by atoms with van der Waals surface area (Å²) in [6.07, 6.45) is 0.270. The molecule has 2 rings (SSSR count). The van der Waals surface area contributed by atoms with Crippen LogP contribution in [0.5, 0.6) is 0 Å². The molecule has 1 aliphatic rings. The minimum Gasteiger partial charge on any atom is -0.392 e. The second-order valence-corrected chi connectivity index (χ2v) is 4.75. The molecule has 2 atom stereocenters. The molecular weight excluding hydrogens is 222 g/mol. The Balaban J connectivity index is 2.10. The maximum atomic E-state index is 9.43. The van der Waals surface area contributed by atoms with Gasteiger partial charge >= 0.3 is 0 Å². The lowest BCUT2D eigenvalue weighted by Gasteiger charge is -2.19. The third-order valence-corrected chi connectivity index (χ3v) is 2.89. The normalized spacial score (nSPS) is 25.4. The zero-order chi connectivity index (χ0) is 12.5. The zero-order valence-electron chi connectivity index (χ0n) is 10.4. The number of hydrogen-bond acceptors (Lipinski definition) is 6. The van der Waals surface area contributed by atoms with Gasteiger partial charge in [0, 0.05) is 13.2 Å². The van der Waals surface area contributed by atoms with Crippen molar-refractivity contribution in [3.8, 4) is 0 Å². The Morgan fingerprint density at radius 3 is 2.94 bits per heavy atom. The number of aromatic nitrogens is 2. The number of rotatable bonds is 4. The van der Waals surface area contributed by atoms with Gasteiger partial charge in [-0.1, -0.05) is 5.16 Å². The van der Waals surface area contributed by atoms with Gasteiger partial charge in [0.2, 0.25) is 11.7 Å². The lowest BCUT2D eigenvalue weighted by atomic mass is 10.1. The highest BCUT2D eigenvalue weighted by molar-refractivity contribution is 5.02. The first kappa shape index (κ1) is 12.5. The summed E-state index contributed by atoms with van der Waals surface area (Å²) in [7, 11) is 0. The van der Waals surface area contributed by atoms with Gasteiger partial charge in [0.05, 0.1) is 12.1 Å². The van der Waals surface area contributed by atoms with E-state index >= 15 is 0 Å². The van der Waals surface area contributed by atoms with Crippen LogP contribution >= 0.6 is 0 Å². The van der Waals surface area contributed by atoms with Crippen LogP contribution in [0.3, 0.4) is 0 Å². The lowest BCUT2D eigenvalue weighted by molar-refractivity contribution is -0.0221. The molecule has 0 unspecified atom stereocenters. The molecule has 17 heavy (non-hydrogen) atoms. The summed E-state index contributed by atoms with van der Waals surface area (Å²) in [5, 5.41) is 16.5. The van der Waals surface area contributed by atoms with Gasteiger partial charge in [0.15, 0.2) is 0 Å². The van der Waals surface area contributed by atoms with Crippen molar-refractivity contribution in [2.45, 2.75) is 44.9 Å². The number of ether oxygens (including phenoxy) is 1. The topological polar surface area (TPSA) is 80.4 Å². The summed E-state index contributed by atoms with van der Waals surface area (Å²) in [5.74, 6) is 1.06. The monoisotopic (exact) mass is 241 g/mol. The van der Waals surface area contributed by atoms with Crippen molar-refractivity contribution >= 4 is 0 Å². The molecule has 1 aromatic heterocycles.